The van der Waals surface area contributed by atoms with E-state index in [1.54, 1.807) is 18.2 Å². The number of carbonyl (C=O) groups is 1. The van der Waals surface area contributed by atoms with Gasteiger partial charge < -0.3 is 14.2 Å². The first kappa shape index (κ1) is 19.1. The second kappa shape index (κ2) is 8.74. The van der Waals surface area contributed by atoms with Crippen LogP contribution in [0, 0.1) is 0 Å². The van der Waals surface area contributed by atoms with Gasteiger partial charge in [0.2, 0.25) is 0 Å². The van der Waals surface area contributed by atoms with Gasteiger partial charge in [-0.3, -0.25) is 0 Å². The van der Waals surface area contributed by atoms with Crippen LogP contribution >= 0.6 is 43.5 Å². The molecule has 0 fully saturated rings. The van der Waals surface area contributed by atoms with Crippen molar-refractivity contribution in [3.63, 3.8) is 0 Å². The van der Waals surface area contributed by atoms with Gasteiger partial charge in [0.25, 0.3) is 0 Å². The van der Waals surface area contributed by atoms with Crippen molar-refractivity contribution < 1.29 is 19.0 Å². The van der Waals surface area contributed by atoms with Crippen molar-refractivity contribution in [2.24, 2.45) is 0 Å². The smallest absolute Gasteiger partial charge is 0.487 e. The average molecular weight is 479 g/mol. The third-order valence-corrected chi connectivity index (χ3v) is 5.00. The lowest BCUT2D eigenvalue weighted by molar-refractivity contribution is 0.120. The van der Waals surface area contributed by atoms with Crippen LogP contribution in [-0.2, 0) is 17.8 Å². The molecule has 24 heavy (non-hydrogen) atoms. The van der Waals surface area contributed by atoms with E-state index in [-0.39, 0.29) is 6.61 Å². The Kier molecular flexibility index (Phi) is 6.95. The van der Waals surface area contributed by atoms with E-state index in [0.29, 0.717) is 22.1 Å². The molecule has 0 amide bonds. The van der Waals surface area contributed by atoms with Crippen LogP contribution in [0.5, 0.6) is 11.5 Å². The van der Waals surface area contributed by atoms with Gasteiger partial charge in [-0.2, -0.15) is 0 Å². The molecule has 2 aromatic rings. The van der Waals surface area contributed by atoms with E-state index in [9.17, 15) is 4.79 Å². The van der Waals surface area contributed by atoms with E-state index in [0.717, 1.165) is 20.9 Å². The molecule has 0 radical (unpaired) electrons. The van der Waals surface area contributed by atoms with Gasteiger partial charge in [0.15, 0.2) is 0 Å². The quantitative estimate of drug-likeness (QED) is 0.382. The Balaban J connectivity index is 2.23. The van der Waals surface area contributed by atoms with Crippen molar-refractivity contribution in [3.05, 3.63) is 55.4 Å². The van der Waals surface area contributed by atoms with Crippen LogP contribution in [0.2, 0.25) is 5.02 Å². The number of benzene rings is 2. The Morgan fingerprint density at radius 2 is 1.92 bits per heavy atom. The van der Waals surface area contributed by atoms with Crippen LogP contribution in [0.25, 0.3) is 0 Å². The highest BCUT2D eigenvalue weighted by molar-refractivity contribution is 9.10. The summed E-state index contributed by atoms with van der Waals surface area (Å²) in [7, 11) is 1.25. The Hall–Kier alpha value is -1.24. The summed E-state index contributed by atoms with van der Waals surface area (Å²) in [6, 6.07) is 8.97. The van der Waals surface area contributed by atoms with Gasteiger partial charge in [-0.15, -0.1) is 0 Å². The zero-order valence-corrected chi connectivity index (χ0v) is 17.0. The van der Waals surface area contributed by atoms with E-state index >= 15 is 0 Å². The number of rotatable bonds is 5. The summed E-state index contributed by atoms with van der Waals surface area (Å²) in [5.41, 5.74) is 1.72. The maximum atomic E-state index is 11.4. The number of carbonyl (C=O) groups excluding carboxylic acids is 1. The average Bonchev–Trinajstić information content (AvgIpc) is 2.56. The molecule has 0 aliphatic heterocycles. The minimum Gasteiger partial charge on any atom is -0.487 e. The Labute approximate surface area is 162 Å². The molecule has 0 aliphatic rings. The lowest BCUT2D eigenvalue weighted by Crippen LogP contribution is -2.10. The molecule has 7 heteroatoms. The summed E-state index contributed by atoms with van der Waals surface area (Å²) in [5.74, 6) is 0.973. The van der Waals surface area contributed by atoms with E-state index in [1.165, 1.54) is 7.11 Å². The lowest BCUT2D eigenvalue weighted by Gasteiger charge is -2.14. The van der Waals surface area contributed by atoms with Crippen molar-refractivity contribution in [3.8, 4) is 11.5 Å². The molecule has 0 aliphatic carbocycles. The Morgan fingerprint density at radius 3 is 2.58 bits per heavy atom. The first-order valence-electron chi connectivity index (χ1n) is 7.10. The maximum absolute atomic E-state index is 11.4. The highest BCUT2D eigenvalue weighted by atomic mass is 79.9. The Bertz CT molecular complexity index is 750. The zero-order chi connectivity index (χ0) is 17.7. The molecular weight excluding hydrogens is 463 g/mol. The predicted molar refractivity (Wildman–Crippen MR) is 100 cm³/mol. The third-order valence-electron chi connectivity index (χ3n) is 3.29. The van der Waals surface area contributed by atoms with Crippen molar-refractivity contribution >= 4 is 49.6 Å². The highest BCUT2D eigenvalue weighted by Gasteiger charge is 2.14. The lowest BCUT2D eigenvalue weighted by atomic mass is 10.1. The standard InChI is InChI=1S/C17H15Br2ClO4/c1-3-10-7-13(19)16(8-14(10)20)23-9-11-12(18)5-4-6-15(11)24-17(21)22-2/h4-8H,3,9H2,1-2H3. The molecule has 0 atom stereocenters. The van der Waals surface area contributed by atoms with Gasteiger partial charge in [-0.05, 0) is 46.1 Å². The fourth-order valence-electron chi connectivity index (χ4n) is 2.01. The van der Waals surface area contributed by atoms with E-state index in [2.05, 4.69) is 36.6 Å². The van der Waals surface area contributed by atoms with Gasteiger partial charge in [-0.25, -0.2) is 4.79 Å². The topological polar surface area (TPSA) is 44.8 Å². The van der Waals surface area contributed by atoms with Crippen LogP contribution in [0.1, 0.15) is 18.1 Å². The van der Waals surface area contributed by atoms with Crippen LogP contribution in [0.15, 0.2) is 39.3 Å². The summed E-state index contributed by atoms with van der Waals surface area (Å²) in [5, 5.41) is 0.647. The first-order chi connectivity index (χ1) is 11.5. The van der Waals surface area contributed by atoms with E-state index < -0.39 is 6.16 Å². The second-order valence-corrected chi connectivity index (χ2v) is 6.90. The summed E-state index contributed by atoms with van der Waals surface area (Å²) in [6.07, 6.45) is 0.0462. The summed E-state index contributed by atoms with van der Waals surface area (Å²) in [4.78, 5) is 11.4. The predicted octanol–water partition coefficient (Wildman–Crippen LogP) is 6.15. The summed E-state index contributed by atoms with van der Waals surface area (Å²) < 4.78 is 17.1. The largest absolute Gasteiger partial charge is 0.513 e. The minimum atomic E-state index is -0.786. The van der Waals surface area contributed by atoms with Crippen LogP contribution < -0.4 is 9.47 Å². The van der Waals surface area contributed by atoms with E-state index in [4.69, 9.17) is 21.1 Å². The molecule has 2 rings (SSSR count). The monoisotopic (exact) mass is 476 g/mol. The van der Waals surface area contributed by atoms with Crippen LogP contribution in [-0.4, -0.2) is 13.3 Å². The number of halogens is 3. The van der Waals surface area contributed by atoms with Crippen LogP contribution in [0.3, 0.4) is 0 Å². The van der Waals surface area contributed by atoms with Gasteiger partial charge in [0.05, 0.1) is 11.6 Å². The molecule has 0 heterocycles. The zero-order valence-electron chi connectivity index (χ0n) is 13.1. The van der Waals surface area contributed by atoms with Crippen molar-refractivity contribution in [1.29, 1.82) is 0 Å². The molecule has 0 saturated heterocycles. The number of ether oxygens (including phenoxy) is 3. The molecular formula is C17H15Br2ClO4. The fourth-order valence-corrected chi connectivity index (χ4v) is 3.26. The highest BCUT2D eigenvalue weighted by Crippen LogP contribution is 2.34. The van der Waals surface area contributed by atoms with Crippen molar-refractivity contribution in [1.82, 2.24) is 0 Å². The number of hydrogen-bond donors (Lipinski definition) is 0. The fraction of sp³-hybridized carbons (Fsp3) is 0.235. The molecule has 0 saturated carbocycles. The molecule has 0 bridgehead atoms. The summed E-state index contributed by atoms with van der Waals surface area (Å²) >= 11 is 13.2. The van der Waals surface area contributed by atoms with Crippen molar-refractivity contribution in [2.45, 2.75) is 20.0 Å². The number of methoxy groups -OCH3 is 1. The SMILES string of the molecule is CCc1cc(Br)c(OCc2c(Br)cccc2OC(=O)OC)cc1Cl. The molecule has 0 N–H and O–H groups in total. The maximum Gasteiger partial charge on any atom is 0.513 e. The molecule has 4 nitrogen and oxygen atoms in total. The second-order valence-electron chi connectivity index (χ2n) is 4.79. The molecule has 2 aromatic carbocycles. The first-order valence-corrected chi connectivity index (χ1v) is 9.06. The Morgan fingerprint density at radius 1 is 1.17 bits per heavy atom. The van der Waals surface area contributed by atoms with Crippen LogP contribution in [0.4, 0.5) is 4.79 Å². The molecule has 0 aromatic heterocycles. The van der Waals surface area contributed by atoms with Gasteiger partial charge >= 0.3 is 6.16 Å². The van der Waals surface area contributed by atoms with Gasteiger partial charge in [0.1, 0.15) is 18.1 Å². The van der Waals surface area contributed by atoms with Gasteiger partial charge in [0, 0.05) is 21.1 Å². The van der Waals surface area contributed by atoms with Gasteiger partial charge in [-0.1, -0.05) is 40.5 Å². The number of aryl methyl sites for hydroxylation is 1. The molecule has 0 unspecified atom stereocenters. The third kappa shape index (κ3) is 4.65. The van der Waals surface area contributed by atoms with E-state index in [1.807, 2.05) is 19.1 Å². The molecule has 128 valence electrons. The van der Waals surface area contributed by atoms with Crippen molar-refractivity contribution in [2.75, 3.05) is 7.11 Å². The minimum absolute atomic E-state index is 0.189. The normalized spacial score (nSPS) is 10.4. The summed E-state index contributed by atoms with van der Waals surface area (Å²) in [6.45, 7) is 2.22. The number of hydrogen-bond acceptors (Lipinski definition) is 4. The molecule has 0 spiro atoms.